The third-order valence-corrected chi connectivity index (χ3v) is 2.91. The van der Waals surface area contributed by atoms with Gasteiger partial charge in [0.15, 0.2) is 0 Å². The van der Waals surface area contributed by atoms with Gasteiger partial charge < -0.3 is 9.84 Å². The zero-order valence-electron chi connectivity index (χ0n) is 10.7. The largest absolute Gasteiger partial charge is 0.386 e. The molecule has 0 amide bonds. The summed E-state index contributed by atoms with van der Waals surface area (Å²) >= 11 is 0. The predicted octanol–water partition coefficient (Wildman–Crippen LogP) is 3.15. The van der Waals surface area contributed by atoms with Gasteiger partial charge in [0.1, 0.15) is 6.10 Å². The number of hydrogen-bond acceptors (Lipinski definition) is 2. The third-order valence-electron chi connectivity index (χ3n) is 2.91. The Balaban J connectivity index is 2.65. The Bertz CT molecular complexity index is 334. The molecule has 0 fully saturated rings. The minimum absolute atomic E-state index is 0.208. The van der Waals surface area contributed by atoms with E-state index >= 15 is 0 Å². The van der Waals surface area contributed by atoms with Gasteiger partial charge in [0.2, 0.25) is 0 Å². The molecule has 2 heteroatoms. The first-order chi connectivity index (χ1) is 7.54. The second-order valence-electron chi connectivity index (χ2n) is 4.43. The number of benzene rings is 1. The lowest BCUT2D eigenvalue weighted by Gasteiger charge is -2.17. The Morgan fingerprint density at radius 3 is 2.62 bits per heavy atom. The van der Waals surface area contributed by atoms with Gasteiger partial charge in [0, 0.05) is 0 Å². The number of aliphatic hydroxyl groups is 1. The topological polar surface area (TPSA) is 29.5 Å². The third kappa shape index (κ3) is 3.62. The van der Waals surface area contributed by atoms with Gasteiger partial charge >= 0.3 is 0 Å². The standard InChI is InChI=1S/C14H22O2/c1-5-12(4)16-9-14(15)13-8-10(2)6-7-11(13)3/h6-8,12,14-15H,5,9H2,1-4H3. The molecule has 1 aromatic carbocycles. The second-order valence-corrected chi connectivity index (χ2v) is 4.43. The van der Waals surface area contributed by atoms with Crippen molar-refractivity contribution >= 4 is 0 Å². The van der Waals surface area contributed by atoms with Gasteiger partial charge in [0.25, 0.3) is 0 Å². The summed E-state index contributed by atoms with van der Waals surface area (Å²) in [6.45, 7) is 8.52. The lowest BCUT2D eigenvalue weighted by molar-refractivity contribution is -0.00398. The van der Waals surface area contributed by atoms with Crippen molar-refractivity contribution in [3.05, 3.63) is 34.9 Å². The van der Waals surface area contributed by atoms with Crippen LogP contribution in [0.2, 0.25) is 0 Å². The lowest BCUT2D eigenvalue weighted by atomic mass is 10.0. The molecule has 16 heavy (non-hydrogen) atoms. The molecular formula is C14H22O2. The summed E-state index contributed by atoms with van der Waals surface area (Å²) in [7, 11) is 0. The number of ether oxygens (including phenoxy) is 1. The van der Waals surface area contributed by atoms with Crippen molar-refractivity contribution in [3.8, 4) is 0 Å². The fraction of sp³-hybridized carbons (Fsp3) is 0.571. The SMILES string of the molecule is CCC(C)OCC(O)c1cc(C)ccc1C. The Kier molecular flexibility index (Phi) is 4.97. The van der Waals surface area contributed by atoms with E-state index in [9.17, 15) is 5.11 Å². The van der Waals surface area contributed by atoms with E-state index < -0.39 is 6.10 Å². The molecule has 0 heterocycles. The highest BCUT2D eigenvalue weighted by Crippen LogP contribution is 2.20. The average Bonchev–Trinajstić information content (AvgIpc) is 2.28. The number of hydrogen-bond donors (Lipinski definition) is 1. The van der Waals surface area contributed by atoms with Crippen LogP contribution in [0.1, 0.15) is 43.1 Å². The van der Waals surface area contributed by atoms with E-state index in [1.165, 1.54) is 5.56 Å². The van der Waals surface area contributed by atoms with Crippen molar-refractivity contribution < 1.29 is 9.84 Å². The van der Waals surface area contributed by atoms with Crippen LogP contribution < -0.4 is 0 Å². The smallest absolute Gasteiger partial charge is 0.103 e. The number of rotatable bonds is 5. The molecule has 2 unspecified atom stereocenters. The summed E-state index contributed by atoms with van der Waals surface area (Å²) in [6, 6.07) is 6.12. The summed E-state index contributed by atoms with van der Waals surface area (Å²) in [6.07, 6.45) is 0.660. The van der Waals surface area contributed by atoms with Crippen LogP contribution >= 0.6 is 0 Å². The predicted molar refractivity (Wildman–Crippen MR) is 66.6 cm³/mol. The molecule has 0 spiro atoms. The fourth-order valence-corrected chi connectivity index (χ4v) is 1.58. The van der Waals surface area contributed by atoms with Crippen molar-refractivity contribution in [2.45, 2.75) is 46.3 Å². The van der Waals surface area contributed by atoms with Crippen molar-refractivity contribution in [3.63, 3.8) is 0 Å². The Morgan fingerprint density at radius 1 is 1.31 bits per heavy atom. The highest BCUT2D eigenvalue weighted by Gasteiger charge is 2.12. The van der Waals surface area contributed by atoms with E-state index in [1.54, 1.807) is 0 Å². The minimum Gasteiger partial charge on any atom is -0.386 e. The number of aryl methyl sites for hydroxylation is 2. The summed E-state index contributed by atoms with van der Waals surface area (Å²) in [5.41, 5.74) is 3.26. The maximum atomic E-state index is 10.0. The zero-order valence-corrected chi connectivity index (χ0v) is 10.7. The lowest BCUT2D eigenvalue weighted by Crippen LogP contribution is -2.14. The van der Waals surface area contributed by atoms with Crippen molar-refractivity contribution in [1.82, 2.24) is 0 Å². The maximum absolute atomic E-state index is 10.0. The van der Waals surface area contributed by atoms with Gasteiger partial charge in [-0.2, -0.15) is 0 Å². The van der Waals surface area contributed by atoms with Crippen LogP contribution in [0.25, 0.3) is 0 Å². The van der Waals surface area contributed by atoms with E-state index in [-0.39, 0.29) is 6.10 Å². The van der Waals surface area contributed by atoms with E-state index in [0.29, 0.717) is 6.61 Å². The molecular weight excluding hydrogens is 200 g/mol. The van der Waals surface area contributed by atoms with Crippen LogP contribution in [-0.2, 0) is 4.74 Å². The van der Waals surface area contributed by atoms with Crippen molar-refractivity contribution in [1.29, 1.82) is 0 Å². The van der Waals surface area contributed by atoms with E-state index in [2.05, 4.69) is 13.0 Å². The van der Waals surface area contributed by atoms with E-state index in [1.807, 2.05) is 32.9 Å². The van der Waals surface area contributed by atoms with Crippen LogP contribution in [0.4, 0.5) is 0 Å². The molecule has 0 saturated heterocycles. The fourth-order valence-electron chi connectivity index (χ4n) is 1.58. The molecule has 0 aliphatic rings. The average molecular weight is 222 g/mol. The van der Waals surface area contributed by atoms with E-state index in [4.69, 9.17) is 4.74 Å². The summed E-state index contributed by atoms with van der Waals surface area (Å²) in [5.74, 6) is 0. The molecule has 1 N–H and O–H groups in total. The van der Waals surface area contributed by atoms with Crippen LogP contribution in [0, 0.1) is 13.8 Å². The number of aliphatic hydroxyl groups excluding tert-OH is 1. The molecule has 0 saturated carbocycles. The van der Waals surface area contributed by atoms with Gasteiger partial charge in [-0.05, 0) is 38.3 Å². The van der Waals surface area contributed by atoms with Gasteiger partial charge in [0.05, 0.1) is 12.7 Å². The highest BCUT2D eigenvalue weighted by molar-refractivity contribution is 5.32. The first-order valence-corrected chi connectivity index (χ1v) is 5.91. The summed E-state index contributed by atoms with van der Waals surface area (Å²) < 4.78 is 5.55. The molecule has 2 atom stereocenters. The van der Waals surface area contributed by atoms with Crippen molar-refractivity contribution in [2.24, 2.45) is 0 Å². The molecule has 0 aliphatic heterocycles. The second kappa shape index (κ2) is 6.02. The molecule has 2 nitrogen and oxygen atoms in total. The Labute approximate surface area is 98.3 Å². The molecule has 0 bridgehead atoms. The molecule has 1 aromatic rings. The van der Waals surface area contributed by atoms with E-state index in [0.717, 1.165) is 17.5 Å². The zero-order chi connectivity index (χ0) is 12.1. The Hall–Kier alpha value is -0.860. The van der Waals surface area contributed by atoms with Gasteiger partial charge in [-0.1, -0.05) is 30.7 Å². The first-order valence-electron chi connectivity index (χ1n) is 5.91. The maximum Gasteiger partial charge on any atom is 0.103 e. The molecule has 90 valence electrons. The normalized spacial score (nSPS) is 14.8. The van der Waals surface area contributed by atoms with Crippen LogP contribution in [-0.4, -0.2) is 17.8 Å². The molecule has 1 rings (SSSR count). The van der Waals surface area contributed by atoms with Crippen molar-refractivity contribution in [2.75, 3.05) is 6.61 Å². The van der Waals surface area contributed by atoms with Gasteiger partial charge in [-0.15, -0.1) is 0 Å². The van der Waals surface area contributed by atoms with Gasteiger partial charge in [-0.25, -0.2) is 0 Å². The molecule has 0 aliphatic carbocycles. The molecule has 0 aromatic heterocycles. The Morgan fingerprint density at radius 2 is 2.00 bits per heavy atom. The quantitative estimate of drug-likeness (QED) is 0.829. The monoisotopic (exact) mass is 222 g/mol. The van der Waals surface area contributed by atoms with Crippen LogP contribution in [0.15, 0.2) is 18.2 Å². The van der Waals surface area contributed by atoms with Crippen LogP contribution in [0.3, 0.4) is 0 Å². The first kappa shape index (κ1) is 13.2. The van der Waals surface area contributed by atoms with Gasteiger partial charge in [-0.3, -0.25) is 0 Å². The van der Waals surface area contributed by atoms with Crippen LogP contribution in [0.5, 0.6) is 0 Å². The summed E-state index contributed by atoms with van der Waals surface area (Å²) in [5, 5.41) is 10.0. The molecule has 0 radical (unpaired) electrons. The minimum atomic E-state index is -0.520. The summed E-state index contributed by atoms with van der Waals surface area (Å²) in [4.78, 5) is 0. The highest BCUT2D eigenvalue weighted by atomic mass is 16.5.